The molecule has 1 unspecified atom stereocenters. The lowest BCUT2D eigenvalue weighted by atomic mass is 10.1. The van der Waals surface area contributed by atoms with Crippen LogP contribution in [0.15, 0.2) is 24.3 Å². The number of halogens is 2. The minimum atomic E-state index is 0.587. The predicted octanol–water partition coefficient (Wildman–Crippen LogP) is 3.48. The summed E-state index contributed by atoms with van der Waals surface area (Å²) in [6, 6.07) is 8.69. The third-order valence-corrected chi connectivity index (χ3v) is 4.09. The largest absolute Gasteiger partial charge is 0.369 e. The van der Waals surface area contributed by atoms with Gasteiger partial charge < -0.3 is 4.90 Å². The number of rotatable bonds is 4. The van der Waals surface area contributed by atoms with E-state index in [1.165, 1.54) is 5.69 Å². The predicted molar refractivity (Wildman–Crippen MR) is 80.0 cm³/mol. The van der Waals surface area contributed by atoms with E-state index < -0.39 is 0 Å². The summed E-state index contributed by atoms with van der Waals surface area (Å²) in [7, 11) is 0. The van der Waals surface area contributed by atoms with Crippen molar-refractivity contribution in [3.63, 3.8) is 0 Å². The quantitative estimate of drug-likeness (QED) is 0.782. The van der Waals surface area contributed by atoms with Gasteiger partial charge in [-0.1, -0.05) is 17.7 Å². The Morgan fingerprint density at radius 2 is 1.94 bits per heavy atom. The van der Waals surface area contributed by atoms with Crippen LogP contribution in [-0.2, 0) is 0 Å². The normalized spacial score (nSPS) is 18.9. The summed E-state index contributed by atoms with van der Waals surface area (Å²) < 4.78 is 0. The summed E-state index contributed by atoms with van der Waals surface area (Å²) in [6.07, 6.45) is 1.07. The van der Waals surface area contributed by atoms with Crippen LogP contribution in [0.2, 0.25) is 5.02 Å². The fraction of sp³-hybridized carbons (Fsp3) is 0.571. The SMILES string of the molecule is CC(CCCl)N1CCN(c2cccc(Cl)c2)CC1. The second kappa shape index (κ2) is 6.65. The zero-order chi connectivity index (χ0) is 13.0. The van der Waals surface area contributed by atoms with Gasteiger partial charge in [-0.2, -0.15) is 0 Å². The molecule has 1 atom stereocenters. The van der Waals surface area contributed by atoms with E-state index in [9.17, 15) is 0 Å². The van der Waals surface area contributed by atoms with Crippen LogP contribution >= 0.6 is 23.2 Å². The van der Waals surface area contributed by atoms with Gasteiger partial charge in [0.25, 0.3) is 0 Å². The van der Waals surface area contributed by atoms with Gasteiger partial charge in [0.15, 0.2) is 0 Å². The average Bonchev–Trinajstić information content (AvgIpc) is 2.39. The molecule has 100 valence electrons. The van der Waals surface area contributed by atoms with E-state index in [-0.39, 0.29) is 0 Å². The Bertz CT molecular complexity index is 376. The first-order chi connectivity index (χ1) is 8.70. The fourth-order valence-corrected chi connectivity index (χ4v) is 2.93. The van der Waals surface area contributed by atoms with Crippen molar-refractivity contribution in [2.24, 2.45) is 0 Å². The Hall–Kier alpha value is -0.440. The lowest BCUT2D eigenvalue weighted by molar-refractivity contribution is 0.193. The zero-order valence-electron chi connectivity index (χ0n) is 10.8. The Balaban J connectivity index is 1.90. The van der Waals surface area contributed by atoms with Gasteiger partial charge >= 0.3 is 0 Å². The molecule has 0 saturated carbocycles. The maximum atomic E-state index is 6.03. The standard InChI is InChI=1S/C14H20Cl2N2/c1-12(5-6-15)17-7-9-18(10-8-17)14-4-2-3-13(16)11-14/h2-4,11-12H,5-10H2,1H3. The van der Waals surface area contributed by atoms with Gasteiger partial charge in [-0.15, -0.1) is 11.6 Å². The van der Waals surface area contributed by atoms with Gasteiger partial charge in [0.2, 0.25) is 0 Å². The molecule has 1 fully saturated rings. The molecule has 0 aliphatic carbocycles. The van der Waals surface area contributed by atoms with E-state index in [0.29, 0.717) is 6.04 Å². The van der Waals surface area contributed by atoms with E-state index in [2.05, 4.69) is 22.8 Å². The Morgan fingerprint density at radius 3 is 2.56 bits per heavy atom. The Morgan fingerprint density at radius 1 is 1.22 bits per heavy atom. The number of alkyl halides is 1. The molecule has 1 aromatic carbocycles. The molecule has 1 aromatic rings. The van der Waals surface area contributed by atoms with Gasteiger partial charge in [-0.25, -0.2) is 0 Å². The van der Waals surface area contributed by atoms with Crippen LogP contribution in [-0.4, -0.2) is 43.0 Å². The molecule has 2 rings (SSSR count). The first-order valence-corrected chi connectivity index (χ1v) is 7.42. The van der Waals surface area contributed by atoms with Crippen molar-refractivity contribution >= 4 is 28.9 Å². The van der Waals surface area contributed by atoms with Crippen molar-refractivity contribution in [3.05, 3.63) is 29.3 Å². The summed E-state index contributed by atoms with van der Waals surface area (Å²) in [4.78, 5) is 4.92. The van der Waals surface area contributed by atoms with Gasteiger partial charge in [0.05, 0.1) is 0 Å². The molecule has 0 aromatic heterocycles. The second-order valence-electron chi connectivity index (χ2n) is 4.83. The summed E-state index contributed by atoms with van der Waals surface area (Å²) in [5.74, 6) is 0.746. The summed E-state index contributed by atoms with van der Waals surface area (Å²) in [6.45, 7) is 6.59. The molecule has 0 amide bonds. The van der Waals surface area contributed by atoms with Crippen molar-refractivity contribution in [2.45, 2.75) is 19.4 Å². The summed E-state index contributed by atoms with van der Waals surface area (Å²) in [5.41, 5.74) is 1.23. The van der Waals surface area contributed by atoms with Crippen LogP contribution < -0.4 is 4.90 Å². The number of hydrogen-bond donors (Lipinski definition) is 0. The number of hydrogen-bond acceptors (Lipinski definition) is 2. The van der Waals surface area contributed by atoms with Crippen LogP contribution in [0.1, 0.15) is 13.3 Å². The fourth-order valence-electron chi connectivity index (χ4n) is 2.43. The number of nitrogens with zero attached hydrogens (tertiary/aromatic N) is 2. The first kappa shape index (κ1) is 14.0. The van der Waals surface area contributed by atoms with Gasteiger partial charge in [-0.3, -0.25) is 4.90 Å². The Kier molecular flexibility index (Phi) is 5.16. The molecule has 1 aliphatic rings. The lowest BCUT2D eigenvalue weighted by Crippen LogP contribution is -2.49. The molecule has 2 nitrogen and oxygen atoms in total. The van der Waals surface area contributed by atoms with E-state index in [1.807, 2.05) is 18.2 Å². The van der Waals surface area contributed by atoms with Gasteiger partial charge in [0, 0.05) is 48.8 Å². The number of piperazine rings is 1. The van der Waals surface area contributed by atoms with Crippen molar-refractivity contribution in [2.75, 3.05) is 37.0 Å². The van der Waals surface area contributed by atoms with E-state index in [1.54, 1.807) is 0 Å². The van der Waals surface area contributed by atoms with Crippen molar-refractivity contribution in [1.82, 2.24) is 4.90 Å². The van der Waals surface area contributed by atoms with Crippen molar-refractivity contribution in [3.8, 4) is 0 Å². The van der Waals surface area contributed by atoms with Crippen LogP contribution in [0.4, 0.5) is 5.69 Å². The van der Waals surface area contributed by atoms with E-state index in [0.717, 1.165) is 43.5 Å². The van der Waals surface area contributed by atoms with Gasteiger partial charge in [-0.05, 0) is 31.5 Å². The van der Waals surface area contributed by atoms with Crippen LogP contribution in [0.25, 0.3) is 0 Å². The smallest absolute Gasteiger partial charge is 0.0426 e. The molecule has 1 heterocycles. The monoisotopic (exact) mass is 286 g/mol. The van der Waals surface area contributed by atoms with E-state index >= 15 is 0 Å². The third-order valence-electron chi connectivity index (χ3n) is 3.64. The van der Waals surface area contributed by atoms with Crippen LogP contribution in [0.5, 0.6) is 0 Å². The number of benzene rings is 1. The second-order valence-corrected chi connectivity index (χ2v) is 5.64. The molecular formula is C14H20Cl2N2. The minimum absolute atomic E-state index is 0.587. The molecule has 1 aliphatic heterocycles. The summed E-state index contributed by atoms with van der Waals surface area (Å²) in [5, 5.41) is 0.811. The van der Waals surface area contributed by atoms with Crippen molar-refractivity contribution < 1.29 is 0 Å². The van der Waals surface area contributed by atoms with Crippen molar-refractivity contribution in [1.29, 1.82) is 0 Å². The molecule has 0 spiro atoms. The lowest BCUT2D eigenvalue weighted by Gasteiger charge is -2.39. The zero-order valence-corrected chi connectivity index (χ0v) is 12.3. The third kappa shape index (κ3) is 3.53. The topological polar surface area (TPSA) is 6.48 Å². The molecule has 1 saturated heterocycles. The highest BCUT2D eigenvalue weighted by molar-refractivity contribution is 6.30. The molecule has 18 heavy (non-hydrogen) atoms. The average molecular weight is 287 g/mol. The summed E-state index contributed by atoms with van der Waals surface area (Å²) >= 11 is 11.8. The first-order valence-electron chi connectivity index (χ1n) is 6.51. The molecule has 0 bridgehead atoms. The molecule has 0 radical (unpaired) electrons. The molecular weight excluding hydrogens is 267 g/mol. The minimum Gasteiger partial charge on any atom is -0.369 e. The highest BCUT2D eigenvalue weighted by Crippen LogP contribution is 2.21. The maximum absolute atomic E-state index is 6.03. The highest BCUT2D eigenvalue weighted by atomic mass is 35.5. The molecule has 0 N–H and O–H groups in total. The molecule has 4 heteroatoms. The van der Waals surface area contributed by atoms with Gasteiger partial charge in [0.1, 0.15) is 0 Å². The number of anilines is 1. The maximum Gasteiger partial charge on any atom is 0.0426 e. The van der Waals surface area contributed by atoms with E-state index in [4.69, 9.17) is 23.2 Å². The Labute approximate surface area is 119 Å². The van der Waals surface area contributed by atoms with Crippen LogP contribution in [0, 0.1) is 0 Å². The highest BCUT2D eigenvalue weighted by Gasteiger charge is 2.20. The van der Waals surface area contributed by atoms with Crippen LogP contribution in [0.3, 0.4) is 0 Å².